The number of morpholine rings is 1. The summed E-state index contributed by atoms with van der Waals surface area (Å²) >= 11 is 1.22. The third-order valence-electron chi connectivity index (χ3n) is 5.49. The zero-order valence-electron chi connectivity index (χ0n) is 14.4. The number of rotatable bonds is 4. The van der Waals surface area contributed by atoms with Crippen molar-refractivity contribution in [3.05, 3.63) is 23.8 Å². The molecule has 0 atom stereocenters. The average molecular weight is 360 g/mol. The van der Waals surface area contributed by atoms with Crippen LogP contribution in [0.3, 0.4) is 0 Å². The van der Waals surface area contributed by atoms with Gasteiger partial charge in [0.05, 0.1) is 24.9 Å². The molecule has 134 valence electrons. The Morgan fingerprint density at radius 1 is 1.16 bits per heavy atom. The van der Waals surface area contributed by atoms with Crippen LogP contribution in [0.4, 0.5) is 0 Å². The molecule has 7 heteroatoms. The Balaban J connectivity index is 1.48. The van der Waals surface area contributed by atoms with E-state index < -0.39 is 0 Å². The highest BCUT2D eigenvalue weighted by molar-refractivity contribution is 7.00. The van der Waals surface area contributed by atoms with Gasteiger partial charge in [0.2, 0.25) is 5.91 Å². The van der Waals surface area contributed by atoms with Gasteiger partial charge in [-0.1, -0.05) is 25.3 Å². The summed E-state index contributed by atoms with van der Waals surface area (Å²) in [6, 6.07) is 6.01. The number of hydrogen-bond donors (Lipinski definition) is 1. The van der Waals surface area contributed by atoms with Crippen LogP contribution in [-0.4, -0.2) is 51.4 Å². The number of nitrogens with zero attached hydrogens (tertiary/aromatic N) is 3. The molecule has 0 radical (unpaired) electrons. The first kappa shape index (κ1) is 16.9. The molecule has 2 heterocycles. The number of carbonyl (C=O) groups excluding carboxylic acids is 1. The van der Waals surface area contributed by atoms with Gasteiger partial charge < -0.3 is 10.1 Å². The van der Waals surface area contributed by atoms with Crippen LogP contribution in [0, 0.1) is 0 Å². The molecule has 1 N–H and O–H groups in total. The molecule has 0 bridgehead atoms. The Kier molecular flexibility index (Phi) is 4.96. The van der Waals surface area contributed by atoms with Crippen molar-refractivity contribution in [2.45, 2.75) is 44.2 Å². The monoisotopic (exact) mass is 360 g/mol. The molecule has 1 aliphatic heterocycles. The third-order valence-corrected chi connectivity index (χ3v) is 6.05. The van der Waals surface area contributed by atoms with Crippen molar-refractivity contribution in [1.82, 2.24) is 19.0 Å². The highest BCUT2D eigenvalue weighted by Gasteiger charge is 2.44. The Morgan fingerprint density at radius 3 is 2.72 bits per heavy atom. The maximum absolute atomic E-state index is 13.2. The van der Waals surface area contributed by atoms with E-state index in [0.717, 1.165) is 68.6 Å². The molecular weight excluding hydrogens is 336 g/mol. The van der Waals surface area contributed by atoms with E-state index in [0.29, 0.717) is 6.54 Å². The molecule has 1 aromatic carbocycles. The molecule has 1 aliphatic carbocycles. The fourth-order valence-corrected chi connectivity index (χ4v) is 4.62. The van der Waals surface area contributed by atoms with Gasteiger partial charge in [0.1, 0.15) is 16.6 Å². The minimum Gasteiger partial charge on any atom is -0.379 e. The van der Waals surface area contributed by atoms with Crippen LogP contribution < -0.4 is 5.32 Å². The van der Waals surface area contributed by atoms with Gasteiger partial charge >= 0.3 is 0 Å². The number of ether oxygens (including phenoxy) is 1. The van der Waals surface area contributed by atoms with Gasteiger partial charge in [0.15, 0.2) is 0 Å². The molecule has 1 saturated heterocycles. The largest absolute Gasteiger partial charge is 0.379 e. The lowest BCUT2D eigenvalue weighted by Gasteiger charge is -2.46. The molecule has 2 fully saturated rings. The smallest absolute Gasteiger partial charge is 0.240 e. The van der Waals surface area contributed by atoms with E-state index in [9.17, 15) is 4.79 Å². The Bertz CT molecular complexity index is 736. The van der Waals surface area contributed by atoms with E-state index >= 15 is 0 Å². The zero-order valence-corrected chi connectivity index (χ0v) is 15.2. The van der Waals surface area contributed by atoms with Gasteiger partial charge in [-0.3, -0.25) is 9.69 Å². The summed E-state index contributed by atoms with van der Waals surface area (Å²) in [6.45, 7) is 3.69. The number of aromatic nitrogens is 2. The molecule has 1 amide bonds. The normalized spacial score (nSPS) is 21.3. The van der Waals surface area contributed by atoms with Crippen molar-refractivity contribution in [1.29, 1.82) is 0 Å². The number of carbonyl (C=O) groups is 1. The second-order valence-corrected chi connectivity index (χ2v) is 7.49. The van der Waals surface area contributed by atoms with Crippen molar-refractivity contribution in [3.63, 3.8) is 0 Å². The fraction of sp³-hybridized carbons (Fsp3) is 0.611. The highest BCUT2D eigenvalue weighted by atomic mass is 32.1. The summed E-state index contributed by atoms with van der Waals surface area (Å²) in [5.41, 5.74) is 2.53. The summed E-state index contributed by atoms with van der Waals surface area (Å²) in [4.78, 5) is 15.5. The minimum atomic E-state index is -0.353. The minimum absolute atomic E-state index is 0.172. The number of nitrogens with one attached hydrogen (secondary N) is 1. The van der Waals surface area contributed by atoms with Crippen molar-refractivity contribution in [2.75, 3.05) is 26.3 Å². The van der Waals surface area contributed by atoms with Crippen LogP contribution in [-0.2, 0) is 16.1 Å². The number of benzene rings is 1. The van der Waals surface area contributed by atoms with E-state index in [4.69, 9.17) is 4.74 Å². The maximum Gasteiger partial charge on any atom is 0.240 e. The predicted octanol–water partition coefficient (Wildman–Crippen LogP) is 2.34. The lowest BCUT2D eigenvalue weighted by Crippen LogP contribution is -2.62. The number of fused-ring (bicyclic) bond motifs is 1. The Labute approximate surface area is 151 Å². The van der Waals surface area contributed by atoms with Crippen LogP contribution in [0.25, 0.3) is 11.0 Å². The third kappa shape index (κ3) is 3.41. The highest BCUT2D eigenvalue weighted by Crippen LogP contribution is 2.34. The van der Waals surface area contributed by atoms with Crippen LogP contribution in [0.15, 0.2) is 18.2 Å². The van der Waals surface area contributed by atoms with Gasteiger partial charge in [-0.2, -0.15) is 8.75 Å². The molecule has 0 spiro atoms. The first-order chi connectivity index (χ1) is 12.3. The van der Waals surface area contributed by atoms with Crippen molar-refractivity contribution in [2.24, 2.45) is 0 Å². The molecule has 6 nitrogen and oxygen atoms in total. The van der Waals surface area contributed by atoms with Crippen molar-refractivity contribution < 1.29 is 9.53 Å². The second kappa shape index (κ2) is 7.35. The quantitative estimate of drug-likeness (QED) is 0.906. The standard InChI is InChI=1S/C18H24N4O2S/c23-17(19-13-14-4-5-15-16(12-14)21-25-20-15)18(6-2-1-3-7-18)22-8-10-24-11-9-22/h4-5,12H,1-3,6-11,13H2,(H,19,23). The summed E-state index contributed by atoms with van der Waals surface area (Å²) < 4.78 is 14.0. The molecule has 4 rings (SSSR count). The second-order valence-electron chi connectivity index (χ2n) is 6.96. The first-order valence-electron chi connectivity index (χ1n) is 9.10. The Hall–Kier alpha value is -1.57. The molecule has 2 aromatic rings. The van der Waals surface area contributed by atoms with E-state index in [1.165, 1.54) is 18.1 Å². The molecule has 0 unspecified atom stereocenters. The van der Waals surface area contributed by atoms with Crippen LogP contribution in [0.1, 0.15) is 37.7 Å². The summed E-state index contributed by atoms with van der Waals surface area (Å²) in [5, 5.41) is 3.20. The molecule has 1 aromatic heterocycles. The van der Waals surface area contributed by atoms with E-state index in [-0.39, 0.29) is 11.4 Å². The number of amides is 1. The first-order valence-corrected chi connectivity index (χ1v) is 9.83. The van der Waals surface area contributed by atoms with Gasteiger partial charge in [-0.05, 0) is 30.5 Å². The van der Waals surface area contributed by atoms with Crippen LogP contribution >= 0.6 is 11.7 Å². The maximum atomic E-state index is 13.2. The molecule has 2 aliphatic rings. The topological polar surface area (TPSA) is 67.4 Å². The fourth-order valence-electron chi connectivity index (χ4n) is 4.10. The zero-order chi connectivity index (χ0) is 17.1. The van der Waals surface area contributed by atoms with Gasteiger partial charge in [-0.15, -0.1) is 0 Å². The van der Waals surface area contributed by atoms with E-state index in [2.05, 4.69) is 19.0 Å². The predicted molar refractivity (Wildman–Crippen MR) is 97.5 cm³/mol. The van der Waals surface area contributed by atoms with Crippen LogP contribution in [0.2, 0.25) is 0 Å². The lowest BCUT2D eigenvalue weighted by molar-refractivity contribution is -0.140. The van der Waals surface area contributed by atoms with Gasteiger partial charge in [0.25, 0.3) is 0 Å². The lowest BCUT2D eigenvalue weighted by atomic mass is 9.79. The van der Waals surface area contributed by atoms with E-state index in [1.54, 1.807) is 0 Å². The SMILES string of the molecule is O=C(NCc1ccc2nsnc2c1)C1(N2CCOCC2)CCCCC1. The molecular formula is C18H24N4O2S. The molecule has 25 heavy (non-hydrogen) atoms. The Morgan fingerprint density at radius 2 is 1.92 bits per heavy atom. The van der Waals surface area contributed by atoms with E-state index in [1.807, 2.05) is 18.2 Å². The number of hydrogen-bond acceptors (Lipinski definition) is 6. The average Bonchev–Trinajstić information content (AvgIpc) is 3.15. The summed E-state index contributed by atoms with van der Waals surface area (Å²) in [6.07, 6.45) is 5.39. The van der Waals surface area contributed by atoms with Gasteiger partial charge in [-0.25, -0.2) is 0 Å². The van der Waals surface area contributed by atoms with Crippen molar-refractivity contribution in [3.8, 4) is 0 Å². The summed E-state index contributed by atoms with van der Waals surface area (Å²) in [7, 11) is 0. The van der Waals surface area contributed by atoms with Crippen molar-refractivity contribution >= 4 is 28.7 Å². The van der Waals surface area contributed by atoms with Crippen LogP contribution in [0.5, 0.6) is 0 Å². The molecule has 1 saturated carbocycles. The van der Waals surface area contributed by atoms with Gasteiger partial charge in [0, 0.05) is 19.6 Å². The summed E-state index contributed by atoms with van der Waals surface area (Å²) in [5.74, 6) is 0.172.